The Kier molecular flexibility index (Phi) is 4.22. The number of aryl methyl sites for hydroxylation is 2. The topological polar surface area (TPSA) is 54.9 Å². The highest BCUT2D eigenvalue weighted by atomic mass is 32.1. The number of carbonyl (C=O) groups excluding carboxylic acids is 1. The van der Waals surface area contributed by atoms with E-state index in [1.165, 1.54) is 11.3 Å². The fourth-order valence-corrected chi connectivity index (χ4v) is 2.72. The Morgan fingerprint density at radius 1 is 1.47 bits per heavy atom. The predicted molar refractivity (Wildman–Crippen MR) is 69.6 cm³/mol. The van der Waals surface area contributed by atoms with Crippen LogP contribution < -0.4 is 5.32 Å². The molecular formula is C11H13N3OS2. The minimum Gasteiger partial charge on any atom is -0.351 e. The second-order valence-corrected chi connectivity index (χ2v) is 5.28. The van der Waals surface area contributed by atoms with E-state index in [1.54, 1.807) is 22.2 Å². The molecule has 0 aromatic carbocycles. The SMILES string of the molecule is Cc1csc(CCCNC(=O)c2cscn2)n1. The third kappa shape index (κ3) is 3.61. The number of hydrogen-bond acceptors (Lipinski definition) is 5. The number of nitrogens with zero attached hydrogens (tertiary/aromatic N) is 2. The van der Waals surface area contributed by atoms with Crippen LogP contribution in [-0.4, -0.2) is 22.4 Å². The smallest absolute Gasteiger partial charge is 0.270 e. The maximum absolute atomic E-state index is 11.5. The van der Waals surface area contributed by atoms with Crippen LogP contribution in [0.4, 0.5) is 0 Å². The Balaban J connectivity index is 1.68. The van der Waals surface area contributed by atoms with Crippen molar-refractivity contribution in [2.24, 2.45) is 0 Å². The Bertz CT molecular complexity index is 479. The van der Waals surface area contributed by atoms with Gasteiger partial charge in [-0.2, -0.15) is 0 Å². The van der Waals surface area contributed by atoms with Crippen molar-refractivity contribution in [3.63, 3.8) is 0 Å². The molecule has 90 valence electrons. The summed E-state index contributed by atoms with van der Waals surface area (Å²) in [6, 6.07) is 0. The first kappa shape index (κ1) is 12.2. The van der Waals surface area contributed by atoms with Crippen LogP contribution in [0.25, 0.3) is 0 Å². The minimum absolute atomic E-state index is 0.0958. The zero-order valence-electron chi connectivity index (χ0n) is 9.47. The van der Waals surface area contributed by atoms with Gasteiger partial charge in [0, 0.05) is 29.4 Å². The van der Waals surface area contributed by atoms with E-state index in [4.69, 9.17) is 0 Å². The molecule has 2 heterocycles. The Morgan fingerprint density at radius 2 is 2.35 bits per heavy atom. The number of rotatable bonds is 5. The first-order chi connectivity index (χ1) is 8.25. The highest BCUT2D eigenvalue weighted by Gasteiger charge is 2.06. The van der Waals surface area contributed by atoms with Gasteiger partial charge in [-0.3, -0.25) is 4.79 Å². The molecule has 0 spiro atoms. The van der Waals surface area contributed by atoms with Crippen molar-refractivity contribution in [3.8, 4) is 0 Å². The Labute approximate surface area is 108 Å². The molecule has 0 aliphatic heterocycles. The summed E-state index contributed by atoms with van der Waals surface area (Å²) in [4.78, 5) is 19.9. The van der Waals surface area contributed by atoms with Crippen LogP contribution in [0, 0.1) is 6.92 Å². The molecule has 2 rings (SSSR count). The van der Waals surface area contributed by atoms with Gasteiger partial charge in [-0.1, -0.05) is 0 Å². The van der Waals surface area contributed by atoms with Gasteiger partial charge in [0.25, 0.3) is 5.91 Å². The molecule has 6 heteroatoms. The molecule has 2 aromatic heterocycles. The van der Waals surface area contributed by atoms with Gasteiger partial charge >= 0.3 is 0 Å². The van der Waals surface area contributed by atoms with Crippen LogP contribution in [0.3, 0.4) is 0 Å². The van der Waals surface area contributed by atoms with Gasteiger partial charge in [-0.15, -0.1) is 22.7 Å². The molecule has 0 saturated heterocycles. The summed E-state index contributed by atoms with van der Waals surface area (Å²) < 4.78 is 0. The lowest BCUT2D eigenvalue weighted by Gasteiger charge is -2.01. The van der Waals surface area contributed by atoms with Crippen LogP contribution in [0.1, 0.15) is 27.6 Å². The number of nitrogens with one attached hydrogen (secondary N) is 1. The number of hydrogen-bond donors (Lipinski definition) is 1. The van der Waals surface area contributed by atoms with Gasteiger partial charge < -0.3 is 5.32 Å². The zero-order valence-corrected chi connectivity index (χ0v) is 11.1. The number of aromatic nitrogens is 2. The van der Waals surface area contributed by atoms with E-state index >= 15 is 0 Å². The first-order valence-electron chi connectivity index (χ1n) is 5.33. The summed E-state index contributed by atoms with van der Waals surface area (Å²) in [6.45, 7) is 2.65. The first-order valence-corrected chi connectivity index (χ1v) is 7.15. The van der Waals surface area contributed by atoms with Crippen molar-refractivity contribution in [2.75, 3.05) is 6.54 Å². The maximum atomic E-state index is 11.5. The number of thiazole rings is 2. The predicted octanol–water partition coefficient (Wildman–Crippen LogP) is 2.27. The van der Waals surface area contributed by atoms with Crippen molar-refractivity contribution in [3.05, 3.63) is 32.7 Å². The van der Waals surface area contributed by atoms with E-state index < -0.39 is 0 Å². The second kappa shape index (κ2) is 5.88. The molecule has 0 atom stereocenters. The van der Waals surface area contributed by atoms with E-state index in [0.717, 1.165) is 23.5 Å². The van der Waals surface area contributed by atoms with E-state index in [-0.39, 0.29) is 5.91 Å². The molecule has 0 bridgehead atoms. The average molecular weight is 267 g/mol. The fraction of sp³-hybridized carbons (Fsp3) is 0.364. The van der Waals surface area contributed by atoms with Gasteiger partial charge in [0.1, 0.15) is 5.69 Å². The van der Waals surface area contributed by atoms with E-state index in [1.807, 2.05) is 12.3 Å². The van der Waals surface area contributed by atoms with Crippen LogP contribution >= 0.6 is 22.7 Å². The molecule has 0 aliphatic carbocycles. The van der Waals surface area contributed by atoms with Crippen molar-refractivity contribution in [1.29, 1.82) is 0 Å². The highest BCUT2D eigenvalue weighted by Crippen LogP contribution is 2.10. The number of amides is 1. The van der Waals surface area contributed by atoms with E-state index in [0.29, 0.717) is 12.2 Å². The molecular weight excluding hydrogens is 254 g/mol. The van der Waals surface area contributed by atoms with Crippen LogP contribution in [0.2, 0.25) is 0 Å². The molecule has 0 radical (unpaired) electrons. The zero-order chi connectivity index (χ0) is 12.1. The molecule has 0 aliphatic rings. The van der Waals surface area contributed by atoms with Crippen molar-refractivity contribution in [2.45, 2.75) is 19.8 Å². The average Bonchev–Trinajstić information content (AvgIpc) is 2.95. The largest absolute Gasteiger partial charge is 0.351 e. The minimum atomic E-state index is -0.0958. The lowest BCUT2D eigenvalue weighted by atomic mass is 10.3. The fourth-order valence-electron chi connectivity index (χ4n) is 1.37. The molecule has 17 heavy (non-hydrogen) atoms. The quantitative estimate of drug-likeness (QED) is 0.846. The summed E-state index contributed by atoms with van der Waals surface area (Å²) in [5.41, 5.74) is 3.23. The Hall–Kier alpha value is -1.27. The maximum Gasteiger partial charge on any atom is 0.270 e. The normalized spacial score (nSPS) is 10.4. The molecule has 0 saturated carbocycles. The third-order valence-electron chi connectivity index (χ3n) is 2.18. The summed E-state index contributed by atoms with van der Waals surface area (Å²) in [5, 5.41) is 7.77. The molecule has 0 unspecified atom stereocenters. The van der Waals surface area contributed by atoms with Crippen molar-refractivity contribution < 1.29 is 4.79 Å². The monoisotopic (exact) mass is 267 g/mol. The highest BCUT2D eigenvalue weighted by molar-refractivity contribution is 7.09. The lowest BCUT2D eigenvalue weighted by molar-refractivity contribution is 0.0949. The molecule has 4 nitrogen and oxygen atoms in total. The molecule has 2 aromatic rings. The summed E-state index contributed by atoms with van der Waals surface area (Å²) in [5.74, 6) is -0.0958. The molecule has 1 N–H and O–H groups in total. The molecule has 1 amide bonds. The van der Waals surface area contributed by atoms with Crippen molar-refractivity contribution >= 4 is 28.6 Å². The van der Waals surface area contributed by atoms with E-state index in [9.17, 15) is 4.79 Å². The number of carbonyl (C=O) groups is 1. The van der Waals surface area contributed by atoms with Crippen LogP contribution in [0.5, 0.6) is 0 Å². The van der Waals surface area contributed by atoms with Crippen LogP contribution in [0.15, 0.2) is 16.3 Å². The second-order valence-electron chi connectivity index (χ2n) is 3.62. The van der Waals surface area contributed by atoms with Gasteiger partial charge in [0.2, 0.25) is 0 Å². The third-order valence-corrected chi connectivity index (χ3v) is 3.80. The van der Waals surface area contributed by atoms with Gasteiger partial charge in [-0.25, -0.2) is 9.97 Å². The van der Waals surface area contributed by atoms with Crippen molar-refractivity contribution in [1.82, 2.24) is 15.3 Å². The van der Waals surface area contributed by atoms with E-state index in [2.05, 4.69) is 15.3 Å². The summed E-state index contributed by atoms with van der Waals surface area (Å²) >= 11 is 3.10. The standard InChI is InChI=1S/C11H13N3OS2/c1-8-5-17-10(14-8)3-2-4-12-11(15)9-6-16-7-13-9/h5-7H,2-4H2,1H3,(H,12,15). The van der Waals surface area contributed by atoms with Gasteiger partial charge in [0.05, 0.1) is 10.5 Å². The lowest BCUT2D eigenvalue weighted by Crippen LogP contribution is -2.24. The van der Waals surface area contributed by atoms with Gasteiger partial charge in [0.15, 0.2) is 0 Å². The van der Waals surface area contributed by atoms with Crippen LogP contribution in [-0.2, 0) is 6.42 Å². The summed E-state index contributed by atoms with van der Waals surface area (Å²) in [7, 11) is 0. The van der Waals surface area contributed by atoms with Gasteiger partial charge in [-0.05, 0) is 13.3 Å². The summed E-state index contributed by atoms with van der Waals surface area (Å²) in [6.07, 6.45) is 1.82. The molecule has 0 fully saturated rings. The Morgan fingerprint density at radius 3 is 3.00 bits per heavy atom.